The molecule has 0 amide bonds. The van der Waals surface area contributed by atoms with Crippen LogP contribution in [0.4, 0.5) is 0 Å². The van der Waals surface area contributed by atoms with Gasteiger partial charge >= 0.3 is 0 Å². The van der Waals surface area contributed by atoms with E-state index in [1.54, 1.807) is 12.4 Å². The van der Waals surface area contributed by atoms with Crippen LogP contribution in [-0.4, -0.2) is 10.2 Å². The minimum absolute atomic E-state index is 0.806. The molecule has 0 N–H and O–H groups in total. The van der Waals surface area contributed by atoms with Crippen LogP contribution in [0.25, 0.3) is 21.9 Å². The summed E-state index contributed by atoms with van der Waals surface area (Å²) in [5, 5.41) is 9.86. The van der Waals surface area contributed by atoms with Crippen LogP contribution in [0.2, 0.25) is 0 Å². The summed E-state index contributed by atoms with van der Waals surface area (Å²) in [6, 6.07) is 6.20. The molecule has 0 unspecified atom stereocenters. The maximum absolute atomic E-state index is 5.77. The first-order valence-corrected chi connectivity index (χ1v) is 5.01. The fraction of sp³-hybridized carbons (Fsp3) is 0.167. The van der Waals surface area contributed by atoms with E-state index in [1.807, 2.05) is 0 Å². The van der Waals surface area contributed by atoms with Crippen LogP contribution in [-0.2, 0) is 6.42 Å². The number of nitrogens with zero attached hydrogens (tertiary/aromatic N) is 2. The second-order valence-electron chi connectivity index (χ2n) is 3.52. The van der Waals surface area contributed by atoms with Crippen LogP contribution < -0.4 is 0 Å². The van der Waals surface area contributed by atoms with E-state index < -0.39 is 0 Å². The van der Waals surface area contributed by atoms with Gasteiger partial charge in [-0.05, 0) is 12.0 Å². The van der Waals surface area contributed by atoms with E-state index in [0.29, 0.717) is 0 Å². The Kier molecular flexibility index (Phi) is 1.71. The summed E-state index contributed by atoms with van der Waals surface area (Å²) in [6.45, 7) is 2.12. The van der Waals surface area contributed by atoms with Gasteiger partial charge < -0.3 is 4.42 Å². The first-order valence-electron chi connectivity index (χ1n) is 5.01. The number of furan rings is 1. The van der Waals surface area contributed by atoms with Crippen molar-refractivity contribution in [1.29, 1.82) is 0 Å². The van der Waals surface area contributed by atoms with Gasteiger partial charge in [-0.2, -0.15) is 10.2 Å². The average Bonchev–Trinajstić information content (AvgIpc) is 2.67. The standard InChI is InChI=1S/C12H10N2O/c1-2-8-4-3-5-9-10-6-13-14-7-11(10)15-12(8)9/h3-7H,2H2,1H3. The normalized spacial score (nSPS) is 11.3. The molecule has 2 heterocycles. The van der Waals surface area contributed by atoms with Crippen molar-refractivity contribution in [2.45, 2.75) is 13.3 Å². The number of aromatic nitrogens is 2. The van der Waals surface area contributed by atoms with Crippen LogP contribution in [0.1, 0.15) is 12.5 Å². The van der Waals surface area contributed by atoms with Crippen molar-refractivity contribution in [1.82, 2.24) is 10.2 Å². The Morgan fingerprint density at radius 2 is 2.00 bits per heavy atom. The zero-order valence-corrected chi connectivity index (χ0v) is 8.40. The zero-order valence-electron chi connectivity index (χ0n) is 8.40. The number of hydrogen-bond acceptors (Lipinski definition) is 3. The molecular formula is C12H10N2O. The van der Waals surface area contributed by atoms with Crippen LogP contribution in [0.5, 0.6) is 0 Å². The van der Waals surface area contributed by atoms with Crippen molar-refractivity contribution < 1.29 is 4.42 Å². The third-order valence-corrected chi connectivity index (χ3v) is 2.67. The molecule has 0 aliphatic heterocycles. The smallest absolute Gasteiger partial charge is 0.157 e. The maximum atomic E-state index is 5.77. The Morgan fingerprint density at radius 3 is 2.87 bits per heavy atom. The topological polar surface area (TPSA) is 38.9 Å². The predicted molar refractivity (Wildman–Crippen MR) is 58.7 cm³/mol. The van der Waals surface area contributed by atoms with Crippen molar-refractivity contribution in [3.8, 4) is 0 Å². The molecule has 3 rings (SSSR count). The summed E-state index contributed by atoms with van der Waals surface area (Å²) < 4.78 is 5.77. The molecule has 0 atom stereocenters. The Labute approximate surface area is 86.7 Å². The van der Waals surface area contributed by atoms with Gasteiger partial charge in [0.2, 0.25) is 0 Å². The lowest BCUT2D eigenvalue weighted by molar-refractivity contribution is 0.659. The van der Waals surface area contributed by atoms with Gasteiger partial charge in [-0.15, -0.1) is 0 Å². The number of fused-ring (bicyclic) bond motifs is 3. The van der Waals surface area contributed by atoms with Crippen molar-refractivity contribution in [2.24, 2.45) is 0 Å². The SMILES string of the molecule is CCc1cccc2c1oc1cnncc12. The second kappa shape index (κ2) is 3.05. The molecular weight excluding hydrogens is 188 g/mol. The molecule has 0 spiro atoms. The molecule has 1 aromatic carbocycles. The van der Waals surface area contributed by atoms with E-state index in [1.165, 1.54) is 5.56 Å². The summed E-state index contributed by atoms with van der Waals surface area (Å²) in [5.41, 5.74) is 2.99. The summed E-state index contributed by atoms with van der Waals surface area (Å²) in [5.74, 6) is 0. The van der Waals surface area contributed by atoms with Crippen molar-refractivity contribution >= 4 is 21.9 Å². The maximum Gasteiger partial charge on any atom is 0.157 e. The predicted octanol–water partition coefficient (Wildman–Crippen LogP) is 2.94. The molecule has 2 aromatic heterocycles. The van der Waals surface area contributed by atoms with E-state index in [0.717, 1.165) is 28.4 Å². The summed E-state index contributed by atoms with van der Waals surface area (Å²) >= 11 is 0. The highest BCUT2D eigenvalue weighted by Gasteiger charge is 2.09. The highest BCUT2D eigenvalue weighted by atomic mass is 16.3. The highest BCUT2D eigenvalue weighted by molar-refractivity contribution is 6.05. The van der Waals surface area contributed by atoms with Crippen LogP contribution in [0.15, 0.2) is 35.0 Å². The first-order chi connectivity index (χ1) is 7.40. The Morgan fingerprint density at radius 1 is 1.13 bits per heavy atom. The van der Waals surface area contributed by atoms with Gasteiger partial charge in [-0.25, -0.2) is 0 Å². The molecule has 0 aliphatic rings. The fourth-order valence-corrected chi connectivity index (χ4v) is 1.90. The lowest BCUT2D eigenvalue weighted by Gasteiger charge is -1.95. The molecule has 0 bridgehead atoms. The fourth-order valence-electron chi connectivity index (χ4n) is 1.90. The number of hydrogen-bond donors (Lipinski definition) is 0. The lowest BCUT2D eigenvalue weighted by atomic mass is 10.1. The van der Waals surface area contributed by atoms with E-state index in [9.17, 15) is 0 Å². The third kappa shape index (κ3) is 1.13. The van der Waals surface area contributed by atoms with Gasteiger partial charge in [0, 0.05) is 5.39 Å². The Bertz CT molecular complexity index is 628. The third-order valence-electron chi connectivity index (χ3n) is 2.67. The van der Waals surface area contributed by atoms with E-state index in [4.69, 9.17) is 4.42 Å². The van der Waals surface area contributed by atoms with Gasteiger partial charge in [0.05, 0.1) is 17.8 Å². The van der Waals surface area contributed by atoms with Crippen molar-refractivity contribution in [3.63, 3.8) is 0 Å². The molecule has 0 saturated carbocycles. The molecule has 74 valence electrons. The van der Waals surface area contributed by atoms with Gasteiger partial charge in [0.1, 0.15) is 5.58 Å². The first kappa shape index (κ1) is 8.41. The van der Waals surface area contributed by atoms with Crippen LogP contribution in [0.3, 0.4) is 0 Å². The quantitative estimate of drug-likeness (QED) is 0.603. The van der Waals surface area contributed by atoms with E-state index in [-0.39, 0.29) is 0 Å². The average molecular weight is 198 g/mol. The monoisotopic (exact) mass is 198 g/mol. The number of benzene rings is 1. The van der Waals surface area contributed by atoms with E-state index in [2.05, 4.69) is 35.3 Å². The molecule has 3 heteroatoms. The summed E-state index contributed by atoms with van der Waals surface area (Å²) in [4.78, 5) is 0. The number of para-hydroxylation sites is 1. The molecule has 0 fully saturated rings. The number of aryl methyl sites for hydroxylation is 1. The van der Waals surface area contributed by atoms with Gasteiger partial charge in [-0.1, -0.05) is 25.1 Å². The highest BCUT2D eigenvalue weighted by Crippen LogP contribution is 2.29. The zero-order chi connectivity index (χ0) is 10.3. The molecule has 3 aromatic rings. The van der Waals surface area contributed by atoms with Crippen LogP contribution >= 0.6 is 0 Å². The molecule has 3 nitrogen and oxygen atoms in total. The minimum atomic E-state index is 0.806. The second-order valence-corrected chi connectivity index (χ2v) is 3.52. The van der Waals surface area contributed by atoms with Crippen molar-refractivity contribution in [2.75, 3.05) is 0 Å². The van der Waals surface area contributed by atoms with Gasteiger partial charge in [0.25, 0.3) is 0 Å². The van der Waals surface area contributed by atoms with E-state index >= 15 is 0 Å². The Hall–Kier alpha value is -1.90. The van der Waals surface area contributed by atoms with Crippen molar-refractivity contribution in [3.05, 3.63) is 36.2 Å². The summed E-state index contributed by atoms with van der Waals surface area (Å²) in [6.07, 6.45) is 4.38. The largest absolute Gasteiger partial charge is 0.454 e. The molecule has 15 heavy (non-hydrogen) atoms. The van der Waals surface area contributed by atoms with Gasteiger partial charge in [0.15, 0.2) is 5.58 Å². The van der Waals surface area contributed by atoms with Gasteiger partial charge in [-0.3, -0.25) is 0 Å². The molecule has 0 aliphatic carbocycles. The molecule has 0 radical (unpaired) electrons. The lowest BCUT2D eigenvalue weighted by Crippen LogP contribution is -1.79. The minimum Gasteiger partial charge on any atom is -0.454 e. The number of rotatable bonds is 1. The van der Waals surface area contributed by atoms with Crippen LogP contribution in [0, 0.1) is 0 Å². The Balaban J connectivity index is 2.53. The summed E-state index contributed by atoms with van der Waals surface area (Å²) in [7, 11) is 0. The molecule has 0 saturated heterocycles.